The van der Waals surface area contributed by atoms with Crippen molar-refractivity contribution >= 4 is 49.8 Å². The van der Waals surface area contributed by atoms with Crippen LogP contribution in [-0.2, 0) is 18.2 Å². The predicted octanol–water partition coefficient (Wildman–Crippen LogP) is 4.01. The van der Waals surface area contributed by atoms with Crippen molar-refractivity contribution in [2.24, 2.45) is 7.05 Å². The molecule has 0 saturated heterocycles. The molecule has 0 aliphatic carbocycles. The topological polar surface area (TPSA) is 106 Å². The Balaban J connectivity index is 1.96. The van der Waals surface area contributed by atoms with Gasteiger partial charge in [0.2, 0.25) is 4.21 Å². The maximum Gasteiger partial charge on any atom is 0.232 e. The fraction of sp³-hybridized carbons (Fsp3) is 0.333. The van der Waals surface area contributed by atoms with Gasteiger partial charge in [-0.25, -0.2) is 19.9 Å². The number of aromatic nitrogens is 5. The highest BCUT2D eigenvalue weighted by atomic mass is 32.2. The molecule has 0 aliphatic heterocycles. The smallest absolute Gasteiger partial charge is 0.232 e. The second-order valence-corrected chi connectivity index (χ2v) is 10.0. The van der Waals surface area contributed by atoms with E-state index in [2.05, 4.69) is 16.9 Å². The molecule has 0 fully saturated rings. The zero-order valence-corrected chi connectivity index (χ0v) is 18.2. The first-order chi connectivity index (χ1) is 13.5. The van der Waals surface area contributed by atoms with Gasteiger partial charge in [-0.2, -0.15) is 0 Å². The molecule has 2 N–H and O–H groups in total. The highest BCUT2D eigenvalue weighted by molar-refractivity contribution is 7.93. The summed E-state index contributed by atoms with van der Waals surface area (Å²) in [4.78, 5) is 19.0. The van der Waals surface area contributed by atoms with Crippen LogP contribution in [0.3, 0.4) is 0 Å². The standard InChI is InChI=1S/C18H20N6OS3/c1-4-5-8-28(25)18-13(19)12-14(11-9-21-10(2)24(11)3)22-15(23-16(12)27-18)17-20-6-7-26-17/h6-7,9H,4-5,8,19H2,1-3H3. The van der Waals surface area contributed by atoms with Gasteiger partial charge in [0.1, 0.15) is 27.8 Å². The molecule has 0 bridgehead atoms. The van der Waals surface area contributed by atoms with Crippen LogP contribution in [0.5, 0.6) is 0 Å². The van der Waals surface area contributed by atoms with Crippen LogP contribution in [0.2, 0.25) is 0 Å². The lowest BCUT2D eigenvalue weighted by Gasteiger charge is -2.09. The van der Waals surface area contributed by atoms with Crippen LogP contribution >= 0.6 is 22.7 Å². The number of unbranched alkanes of at least 4 members (excludes halogenated alkanes) is 1. The van der Waals surface area contributed by atoms with Gasteiger partial charge in [0.15, 0.2) is 10.8 Å². The summed E-state index contributed by atoms with van der Waals surface area (Å²) in [6.07, 6.45) is 5.40. The van der Waals surface area contributed by atoms with Crippen LogP contribution in [0.4, 0.5) is 5.69 Å². The van der Waals surface area contributed by atoms with Gasteiger partial charge < -0.3 is 14.9 Å². The summed E-state index contributed by atoms with van der Waals surface area (Å²) in [6.45, 7) is 4.02. The van der Waals surface area contributed by atoms with E-state index in [1.807, 2.05) is 23.9 Å². The van der Waals surface area contributed by atoms with Crippen LogP contribution in [-0.4, -0.2) is 34.8 Å². The summed E-state index contributed by atoms with van der Waals surface area (Å²) in [5, 5.41) is 3.38. The van der Waals surface area contributed by atoms with Gasteiger partial charge in [-0.1, -0.05) is 24.7 Å². The Hall–Kier alpha value is -2.01. The monoisotopic (exact) mass is 432 g/mol. The van der Waals surface area contributed by atoms with E-state index in [1.165, 1.54) is 22.7 Å². The van der Waals surface area contributed by atoms with Gasteiger partial charge in [0, 0.05) is 18.6 Å². The Morgan fingerprint density at radius 2 is 2.11 bits per heavy atom. The van der Waals surface area contributed by atoms with E-state index in [-0.39, 0.29) is 0 Å². The van der Waals surface area contributed by atoms with Gasteiger partial charge in [-0.3, -0.25) is 0 Å². The number of rotatable bonds is 6. The van der Waals surface area contributed by atoms with Crippen LogP contribution in [0, 0.1) is 6.92 Å². The molecule has 7 nitrogen and oxygen atoms in total. The predicted molar refractivity (Wildman–Crippen MR) is 116 cm³/mol. The van der Waals surface area contributed by atoms with Crippen molar-refractivity contribution in [3.05, 3.63) is 23.6 Å². The van der Waals surface area contributed by atoms with Crippen molar-refractivity contribution in [1.29, 1.82) is 0 Å². The van der Waals surface area contributed by atoms with E-state index in [4.69, 9.17) is 15.7 Å². The SMILES string of the molecule is CCCC[S+]([O-])c1sc2nc(-c3nccs3)nc(-c3cnc(C)n3C)c2c1N. The van der Waals surface area contributed by atoms with Crippen LogP contribution in [0.1, 0.15) is 25.6 Å². The lowest BCUT2D eigenvalue weighted by molar-refractivity contribution is 0.594. The zero-order chi connectivity index (χ0) is 19.8. The molecule has 10 heteroatoms. The number of anilines is 1. The van der Waals surface area contributed by atoms with Gasteiger partial charge in [0.25, 0.3) is 0 Å². The quantitative estimate of drug-likeness (QED) is 0.461. The average molecular weight is 433 g/mol. The minimum Gasteiger partial charge on any atom is -0.611 e. The lowest BCUT2D eigenvalue weighted by Crippen LogP contribution is -2.07. The third-order valence-corrected chi connectivity index (χ3v) is 8.29. The maximum atomic E-state index is 12.8. The van der Waals surface area contributed by atoms with Crippen LogP contribution in [0.25, 0.3) is 32.4 Å². The molecule has 4 aromatic rings. The number of hydrogen-bond acceptors (Lipinski definition) is 8. The molecule has 4 aromatic heterocycles. The summed E-state index contributed by atoms with van der Waals surface area (Å²) in [6, 6.07) is 0. The first kappa shape index (κ1) is 19.3. The molecule has 0 aromatic carbocycles. The molecular formula is C18H20N6OS3. The third-order valence-electron chi connectivity index (χ3n) is 4.53. The highest BCUT2D eigenvalue weighted by Gasteiger charge is 2.26. The molecule has 4 rings (SSSR count). The number of fused-ring (bicyclic) bond motifs is 1. The number of thiophene rings is 1. The van der Waals surface area contributed by atoms with Crippen molar-refractivity contribution in [3.63, 3.8) is 0 Å². The first-order valence-electron chi connectivity index (χ1n) is 8.88. The number of imidazole rings is 1. The Morgan fingerprint density at radius 3 is 2.75 bits per heavy atom. The van der Waals surface area contributed by atoms with Gasteiger partial charge in [0.05, 0.1) is 17.3 Å². The fourth-order valence-electron chi connectivity index (χ4n) is 2.88. The summed E-state index contributed by atoms with van der Waals surface area (Å²) >= 11 is 1.72. The number of nitrogen functional groups attached to an aromatic ring is 1. The van der Waals surface area contributed by atoms with E-state index in [0.717, 1.165) is 39.6 Å². The fourth-order valence-corrected chi connectivity index (χ4v) is 6.22. The van der Waals surface area contributed by atoms with Crippen molar-refractivity contribution in [2.45, 2.75) is 30.9 Å². The molecule has 146 valence electrons. The lowest BCUT2D eigenvalue weighted by atomic mass is 10.2. The van der Waals surface area contributed by atoms with Gasteiger partial charge in [-0.05, 0) is 24.5 Å². The maximum absolute atomic E-state index is 12.8. The number of nitrogens with zero attached hydrogens (tertiary/aromatic N) is 5. The minimum atomic E-state index is -1.15. The summed E-state index contributed by atoms with van der Waals surface area (Å²) in [5.74, 6) is 2.02. The number of aryl methyl sites for hydroxylation is 1. The van der Waals surface area contributed by atoms with E-state index in [1.54, 1.807) is 12.4 Å². The number of thiazole rings is 1. The molecule has 4 heterocycles. The van der Waals surface area contributed by atoms with E-state index in [9.17, 15) is 4.55 Å². The molecule has 28 heavy (non-hydrogen) atoms. The van der Waals surface area contributed by atoms with Crippen molar-refractivity contribution in [2.75, 3.05) is 11.5 Å². The van der Waals surface area contributed by atoms with Gasteiger partial charge in [-0.15, -0.1) is 11.3 Å². The Kier molecular flexibility index (Phi) is 5.37. The van der Waals surface area contributed by atoms with Crippen molar-refractivity contribution in [3.8, 4) is 22.2 Å². The second kappa shape index (κ2) is 7.78. The molecular weight excluding hydrogens is 412 g/mol. The van der Waals surface area contributed by atoms with Crippen molar-refractivity contribution in [1.82, 2.24) is 24.5 Å². The molecule has 0 saturated carbocycles. The molecule has 1 atom stereocenters. The Bertz CT molecular complexity index is 1120. The third kappa shape index (κ3) is 3.30. The average Bonchev–Trinajstić information content (AvgIpc) is 3.41. The molecule has 0 aliphatic rings. The summed E-state index contributed by atoms with van der Waals surface area (Å²) < 4.78 is 15.4. The summed E-state index contributed by atoms with van der Waals surface area (Å²) in [7, 11) is 1.94. The number of nitrogens with two attached hydrogens (primary N) is 1. The van der Waals surface area contributed by atoms with Crippen LogP contribution in [0.15, 0.2) is 22.0 Å². The normalized spacial score (nSPS) is 12.7. The Morgan fingerprint density at radius 1 is 1.29 bits per heavy atom. The molecule has 1 unspecified atom stereocenters. The second-order valence-electron chi connectivity index (χ2n) is 6.37. The first-order valence-corrected chi connectivity index (χ1v) is 11.9. The molecule has 0 spiro atoms. The van der Waals surface area contributed by atoms with Crippen molar-refractivity contribution < 1.29 is 4.55 Å². The largest absolute Gasteiger partial charge is 0.611 e. The van der Waals surface area contributed by atoms with E-state index in [0.29, 0.717) is 27.2 Å². The zero-order valence-electron chi connectivity index (χ0n) is 15.8. The summed E-state index contributed by atoms with van der Waals surface area (Å²) in [5.41, 5.74) is 8.52. The van der Waals surface area contributed by atoms with Crippen LogP contribution < -0.4 is 5.73 Å². The molecule has 0 amide bonds. The Labute approximate surface area is 173 Å². The molecule has 0 radical (unpaired) electrons. The minimum absolute atomic E-state index is 0.508. The van der Waals surface area contributed by atoms with Gasteiger partial charge >= 0.3 is 0 Å². The van der Waals surface area contributed by atoms with E-state index < -0.39 is 11.2 Å². The number of hydrogen-bond donors (Lipinski definition) is 1. The highest BCUT2D eigenvalue weighted by Crippen LogP contribution is 2.42. The van der Waals surface area contributed by atoms with E-state index >= 15 is 0 Å².